The van der Waals surface area contributed by atoms with Gasteiger partial charge < -0.3 is 18.8 Å². The number of aromatic nitrogens is 3. The summed E-state index contributed by atoms with van der Waals surface area (Å²) in [5.41, 5.74) is 2.48. The molecule has 1 N–H and O–H groups in total. The molecule has 0 bridgehead atoms. The van der Waals surface area contributed by atoms with Crippen LogP contribution in [0.15, 0.2) is 64.0 Å². The standard InChI is InChI=1S/C24H20BrF2N3O4/c25-21-20-17(11-28-29-23(20)31)30(13-32-12-14-4-2-1-3-5-14)22(21)15-6-9-18(34-24(26)27)19(10-15)33-16-7-8-16/h1-6,9-11,16,24H,7-8,12-13H2,(H,29,31). The van der Waals surface area contributed by atoms with E-state index in [9.17, 15) is 13.6 Å². The van der Waals surface area contributed by atoms with E-state index in [1.807, 2.05) is 34.9 Å². The van der Waals surface area contributed by atoms with E-state index in [-0.39, 0.29) is 29.9 Å². The number of hydrogen-bond donors (Lipinski definition) is 1. The number of halogens is 3. The van der Waals surface area contributed by atoms with Crippen molar-refractivity contribution in [1.82, 2.24) is 14.8 Å². The highest BCUT2D eigenvalue weighted by molar-refractivity contribution is 9.10. The highest BCUT2D eigenvalue weighted by Gasteiger charge is 2.27. The third-order valence-corrected chi connectivity index (χ3v) is 6.18. The highest BCUT2D eigenvalue weighted by atomic mass is 79.9. The number of fused-ring (bicyclic) bond motifs is 1. The topological polar surface area (TPSA) is 78.4 Å². The Labute approximate surface area is 201 Å². The Morgan fingerprint density at radius 1 is 1.15 bits per heavy atom. The average Bonchev–Trinajstić information content (AvgIpc) is 3.59. The van der Waals surface area contributed by atoms with Crippen LogP contribution in [-0.2, 0) is 18.1 Å². The van der Waals surface area contributed by atoms with Gasteiger partial charge in [0.15, 0.2) is 11.5 Å². The molecule has 0 radical (unpaired) electrons. The number of H-pyrrole nitrogens is 1. The molecular weight excluding hydrogens is 512 g/mol. The van der Waals surface area contributed by atoms with Crippen molar-refractivity contribution in [3.63, 3.8) is 0 Å². The maximum atomic E-state index is 12.9. The normalized spacial score (nSPS) is 13.5. The molecule has 0 saturated heterocycles. The van der Waals surface area contributed by atoms with Crippen molar-refractivity contribution in [3.05, 3.63) is 75.1 Å². The van der Waals surface area contributed by atoms with Crippen molar-refractivity contribution in [2.45, 2.75) is 38.9 Å². The van der Waals surface area contributed by atoms with Crippen molar-refractivity contribution in [1.29, 1.82) is 0 Å². The van der Waals surface area contributed by atoms with Gasteiger partial charge in [-0.05, 0) is 52.5 Å². The van der Waals surface area contributed by atoms with Crippen LogP contribution in [0.25, 0.3) is 22.2 Å². The molecule has 0 spiro atoms. The molecule has 5 rings (SSSR count). The second-order valence-electron chi connectivity index (χ2n) is 7.87. The van der Waals surface area contributed by atoms with Gasteiger partial charge in [-0.3, -0.25) is 4.79 Å². The lowest BCUT2D eigenvalue weighted by Gasteiger charge is -2.16. The Balaban J connectivity index is 1.56. The van der Waals surface area contributed by atoms with Gasteiger partial charge in [0.25, 0.3) is 5.56 Å². The van der Waals surface area contributed by atoms with Gasteiger partial charge in [-0.1, -0.05) is 30.3 Å². The fraction of sp³-hybridized carbons (Fsp3) is 0.250. The van der Waals surface area contributed by atoms with Crippen molar-refractivity contribution >= 4 is 26.8 Å². The molecule has 1 saturated carbocycles. The molecule has 34 heavy (non-hydrogen) atoms. The zero-order chi connectivity index (χ0) is 23.7. The maximum absolute atomic E-state index is 12.9. The summed E-state index contributed by atoms with van der Waals surface area (Å²) in [6.45, 7) is -2.47. The molecule has 0 aliphatic heterocycles. The number of aromatic amines is 1. The van der Waals surface area contributed by atoms with Crippen molar-refractivity contribution < 1.29 is 23.0 Å². The fourth-order valence-electron chi connectivity index (χ4n) is 3.71. The number of benzene rings is 2. The summed E-state index contributed by atoms with van der Waals surface area (Å²) in [6.07, 6.45) is 3.24. The minimum absolute atomic E-state index is 0.0224. The first-order chi connectivity index (χ1) is 16.5. The summed E-state index contributed by atoms with van der Waals surface area (Å²) in [5.74, 6) is 0.186. The number of ether oxygens (including phenoxy) is 3. The van der Waals surface area contributed by atoms with Crippen LogP contribution < -0.4 is 15.0 Å². The predicted octanol–water partition coefficient (Wildman–Crippen LogP) is 5.47. The monoisotopic (exact) mass is 531 g/mol. The summed E-state index contributed by atoms with van der Waals surface area (Å²) < 4.78 is 44.6. The molecule has 4 aromatic rings. The van der Waals surface area contributed by atoms with E-state index in [0.29, 0.717) is 33.2 Å². The second-order valence-corrected chi connectivity index (χ2v) is 8.66. The second kappa shape index (κ2) is 9.55. The number of nitrogens with zero attached hydrogens (tertiary/aromatic N) is 2. The van der Waals surface area contributed by atoms with Crippen molar-refractivity contribution in [2.75, 3.05) is 0 Å². The smallest absolute Gasteiger partial charge is 0.387 e. The van der Waals surface area contributed by atoms with Crippen LogP contribution in [0.5, 0.6) is 11.5 Å². The van der Waals surface area contributed by atoms with E-state index >= 15 is 0 Å². The largest absolute Gasteiger partial charge is 0.487 e. The minimum Gasteiger partial charge on any atom is -0.487 e. The average molecular weight is 532 g/mol. The first-order valence-electron chi connectivity index (χ1n) is 10.6. The van der Waals surface area contributed by atoms with Gasteiger partial charge in [-0.2, -0.15) is 13.9 Å². The Hall–Kier alpha value is -3.24. The molecule has 1 aliphatic carbocycles. The highest BCUT2D eigenvalue weighted by Crippen LogP contribution is 2.41. The fourth-order valence-corrected chi connectivity index (χ4v) is 4.54. The number of hydrogen-bond acceptors (Lipinski definition) is 5. The zero-order valence-electron chi connectivity index (χ0n) is 17.8. The lowest BCUT2D eigenvalue weighted by Crippen LogP contribution is -2.09. The lowest BCUT2D eigenvalue weighted by atomic mass is 10.1. The molecule has 10 heteroatoms. The third kappa shape index (κ3) is 4.69. The van der Waals surface area contributed by atoms with Crippen LogP contribution in [0.1, 0.15) is 18.4 Å². The Morgan fingerprint density at radius 2 is 1.94 bits per heavy atom. The van der Waals surface area contributed by atoms with E-state index in [4.69, 9.17) is 9.47 Å². The Bertz CT molecular complexity index is 1370. The van der Waals surface area contributed by atoms with Gasteiger partial charge >= 0.3 is 6.61 Å². The molecule has 0 unspecified atom stereocenters. The van der Waals surface area contributed by atoms with Crippen LogP contribution >= 0.6 is 15.9 Å². The quantitative estimate of drug-likeness (QED) is 0.309. The molecule has 0 amide bonds. The van der Waals surface area contributed by atoms with Gasteiger partial charge in [0.2, 0.25) is 0 Å². The van der Waals surface area contributed by atoms with Gasteiger partial charge in [-0.15, -0.1) is 0 Å². The van der Waals surface area contributed by atoms with Crippen LogP contribution in [0.2, 0.25) is 0 Å². The lowest BCUT2D eigenvalue weighted by molar-refractivity contribution is -0.0516. The van der Waals surface area contributed by atoms with Gasteiger partial charge in [0.05, 0.1) is 40.0 Å². The van der Waals surface area contributed by atoms with Crippen LogP contribution in [-0.4, -0.2) is 27.5 Å². The van der Waals surface area contributed by atoms with Crippen molar-refractivity contribution in [2.24, 2.45) is 0 Å². The SMILES string of the molecule is O=c1[nH]ncc2c1c(Br)c(-c1ccc(OC(F)F)c(OC3CC3)c1)n2COCc1ccccc1. The number of rotatable bonds is 9. The summed E-state index contributed by atoms with van der Waals surface area (Å²) in [5, 5.41) is 6.79. The van der Waals surface area contributed by atoms with E-state index in [2.05, 4.69) is 30.9 Å². The summed E-state index contributed by atoms with van der Waals surface area (Å²) >= 11 is 3.56. The summed E-state index contributed by atoms with van der Waals surface area (Å²) in [7, 11) is 0. The maximum Gasteiger partial charge on any atom is 0.387 e. The Kier molecular flexibility index (Phi) is 6.34. The first-order valence-corrected chi connectivity index (χ1v) is 11.4. The molecule has 2 aromatic heterocycles. The van der Waals surface area contributed by atoms with E-state index < -0.39 is 6.61 Å². The molecule has 1 fully saturated rings. The number of alkyl halides is 2. The van der Waals surface area contributed by atoms with E-state index in [0.717, 1.165) is 18.4 Å². The molecule has 176 valence electrons. The molecular formula is C24H20BrF2N3O4. The molecule has 2 heterocycles. The van der Waals surface area contributed by atoms with E-state index in [1.165, 1.54) is 6.07 Å². The molecule has 7 nitrogen and oxygen atoms in total. The molecule has 0 atom stereocenters. The van der Waals surface area contributed by atoms with Crippen LogP contribution in [0.3, 0.4) is 0 Å². The molecule has 2 aromatic carbocycles. The predicted molar refractivity (Wildman–Crippen MR) is 125 cm³/mol. The number of nitrogens with one attached hydrogen (secondary N) is 1. The molecule has 1 aliphatic rings. The first kappa shape index (κ1) is 22.5. The Morgan fingerprint density at radius 3 is 2.68 bits per heavy atom. The summed E-state index contributed by atoms with van der Waals surface area (Å²) in [4.78, 5) is 12.6. The van der Waals surface area contributed by atoms with Gasteiger partial charge in [-0.25, -0.2) is 5.10 Å². The zero-order valence-corrected chi connectivity index (χ0v) is 19.4. The van der Waals surface area contributed by atoms with Crippen LogP contribution in [0, 0.1) is 0 Å². The van der Waals surface area contributed by atoms with Gasteiger partial charge in [0, 0.05) is 5.56 Å². The summed E-state index contributed by atoms with van der Waals surface area (Å²) in [6, 6.07) is 14.4. The van der Waals surface area contributed by atoms with E-state index in [1.54, 1.807) is 18.3 Å². The van der Waals surface area contributed by atoms with Crippen molar-refractivity contribution in [3.8, 4) is 22.8 Å². The van der Waals surface area contributed by atoms with Gasteiger partial charge in [0.1, 0.15) is 6.73 Å². The van der Waals surface area contributed by atoms with Crippen LogP contribution in [0.4, 0.5) is 8.78 Å². The minimum atomic E-state index is -2.97. The third-order valence-electron chi connectivity index (χ3n) is 5.41.